The number of hydrogen-bond donors (Lipinski definition) is 2. The van der Waals surface area contributed by atoms with E-state index in [-0.39, 0.29) is 5.70 Å². The Balaban J connectivity index is 1.85. The lowest BCUT2D eigenvalue weighted by Gasteiger charge is -2.12. The lowest BCUT2D eigenvalue weighted by Crippen LogP contribution is -2.31. The molecule has 2 aromatic carbocycles. The Kier molecular flexibility index (Phi) is 6.36. The summed E-state index contributed by atoms with van der Waals surface area (Å²) in [5, 5.41) is 5.73. The Morgan fingerprint density at radius 1 is 1.10 bits per heavy atom. The third-order valence-corrected chi connectivity index (χ3v) is 4.42. The summed E-state index contributed by atoms with van der Waals surface area (Å²) in [7, 11) is 1.50. The largest absolute Gasteiger partial charge is 0.495 e. The second-order valence-electron chi connectivity index (χ2n) is 6.15. The van der Waals surface area contributed by atoms with Crippen molar-refractivity contribution < 1.29 is 18.7 Å². The highest BCUT2D eigenvalue weighted by Gasteiger charge is 2.17. The molecule has 0 aliphatic rings. The maximum atomic E-state index is 12.8. The van der Waals surface area contributed by atoms with Gasteiger partial charge < -0.3 is 19.8 Å². The number of aryl methyl sites for hydroxylation is 1. The molecule has 2 N–H and O–H groups in total. The Hall–Kier alpha value is -3.51. The van der Waals surface area contributed by atoms with Crippen molar-refractivity contribution in [1.82, 2.24) is 5.32 Å². The van der Waals surface area contributed by atoms with Gasteiger partial charge in [-0.2, -0.15) is 0 Å². The molecule has 6 nitrogen and oxygen atoms in total. The second-order valence-corrected chi connectivity index (χ2v) is 6.55. The molecule has 0 saturated carbocycles. The zero-order valence-electron chi connectivity index (χ0n) is 15.9. The summed E-state index contributed by atoms with van der Waals surface area (Å²) in [5.41, 5.74) is 1.75. The molecule has 0 fully saturated rings. The van der Waals surface area contributed by atoms with Gasteiger partial charge in [0.25, 0.3) is 11.8 Å². The monoisotopic (exact) mass is 410 g/mol. The molecule has 148 valence electrons. The van der Waals surface area contributed by atoms with Gasteiger partial charge >= 0.3 is 0 Å². The number of nitrogens with one attached hydrogen (secondary N) is 2. The molecule has 0 aliphatic carbocycles. The standard InChI is InChI=1S/C22H19ClN2O4/c1-14-6-3-4-8-17(14)21(26)25-19(13-16-7-5-11-29-16)22(27)24-15-9-10-20(28-2)18(23)12-15/h3-13H,1-2H3,(H,24,27)(H,25,26)/b19-13-. The summed E-state index contributed by atoms with van der Waals surface area (Å²) in [6.45, 7) is 1.82. The molecule has 0 atom stereocenters. The normalized spacial score (nSPS) is 11.1. The van der Waals surface area contributed by atoms with Crippen LogP contribution in [-0.4, -0.2) is 18.9 Å². The van der Waals surface area contributed by atoms with Gasteiger partial charge in [-0.25, -0.2) is 0 Å². The highest BCUT2D eigenvalue weighted by molar-refractivity contribution is 6.32. The SMILES string of the molecule is COc1ccc(NC(=O)/C(=C/c2ccco2)NC(=O)c2ccccc2C)cc1Cl. The van der Waals surface area contributed by atoms with Gasteiger partial charge in [-0.05, 0) is 48.9 Å². The summed E-state index contributed by atoms with van der Waals surface area (Å²) in [4.78, 5) is 25.5. The van der Waals surface area contributed by atoms with Crippen LogP contribution in [-0.2, 0) is 4.79 Å². The van der Waals surface area contributed by atoms with Gasteiger partial charge in [0.2, 0.25) is 0 Å². The van der Waals surface area contributed by atoms with Crippen LogP contribution in [0.25, 0.3) is 6.08 Å². The summed E-state index contributed by atoms with van der Waals surface area (Å²) >= 11 is 6.11. The number of furan rings is 1. The van der Waals surface area contributed by atoms with E-state index in [1.165, 1.54) is 19.4 Å². The van der Waals surface area contributed by atoms with Gasteiger partial charge in [-0.15, -0.1) is 0 Å². The molecular weight excluding hydrogens is 392 g/mol. The Bertz CT molecular complexity index is 1060. The van der Waals surface area contributed by atoms with Crippen LogP contribution < -0.4 is 15.4 Å². The molecule has 3 aromatic rings. The van der Waals surface area contributed by atoms with E-state index in [9.17, 15) is 9.59 Å². The number of benzene rings is 2. The van der Waals surface area contributed by atoms with E-state index in [1.807, 2.05) is 19.1 Å². The summed E-state index contributed by atoms with van der Waals surface area (Å²) in [5.74, 6) is -0.00902. The number of halogens is 1. The van der Waals surface area contributed by atoms with Crippen molar-refractivity contribution in [2.24, 2.45) is 0 Å². The van der Waals surface area contributed by atoms with Gasteiger partial charge in [0, 0.05) is 17.3 Å². The third kappa shape index (κ3) is 5.06. The molecule has 0 spiro atoms. The van der Waals surface area contributed by atoms with Crippen LogP contribution in [0.1, 0.15) is 21.7 Å². The number of anilines is 1. The number of hydrogen-bond acceptors (Lipinski definition) is 4. The highest BCUT2D eigenvalue weighted by Crippen LogP contribution is 2.27. The summed E-state index contributed by atoms with van der Waals surface area (Å²) < 4.78 is 10.4. The number of rotatable bonds is 6. The van der Waals surface area contributed by atoms with Crippen LogP contribution in [0.15, 0.2) is 71.0 Å². The first-order chi connectivity index (χ1) is 14.0. The fraction of sp³-hybridized carbons (Fsp3) is 0.0909. The van der Waals surface area contributed by atoms with E-state index in [0.29, 0.717) is 27.8 Å². The average molecular weight is 411 g/mol. The minimum Gasteiger partial charge on any atom is -0.495 e. The van der Waals surface area contributed by atoms with Crippen LogP contribution in [0.3, 0.4) is 0 Å². The first-order valence-electron chi connectivity index (χ1n) is 8.75. The maximum Gasteiger partial charge on any atom is 0.272 e. The van der Waals surface area contributed by atoms with Gasteiger partial charge in [0.05, 0.1) is 18.4 Å². The minimum absolute atomic E-state index is 0.0279. The van der Waals surface area contributed by atoms with Crippen molar-refractivity contribution in [2.45, 2.75) is 6.92 Å². The van der Waals surface area contributed by atoms with Crippen LogP contribution in [0.2, 0.25) is 5.02 Å². The van der Waals surface area contributed by atoms with Crippen molar-refractivity contribution in [1.29, 1.82) is 0 Å². The van der Waals surface area contributed by atoms with E-state index in [2.05, 4.69) is 10.6 Å². The van der Waals surface area contributed by atoms with Gasteiger partial charge in [0.1, 0.15) is 17.2 Å². The highest BCUT2D eigenvalue weighted by atomic mass is 35.5. The molecule has 0 aliphatic heterocycles. The van der Waals surface area contributed by atoms with Crippen molar-refractivity contribution in [2.75, 3.05) is 12.4 Å². The van der Waals surface area contributed by atoms with Crippen molar-refractivity contribution in [3.05, 3.63) is 88.5 Å². The number of carbonyl (C=O) groups is 2. The van der Waals surface area contributed by atoms with E-state index in [1.54, 1.807) is 42.5 Å². The van der Waals surface area contributed by atoms with Crippen molar-refractivity contribution in [3.63, 3.8) is 0 Å². The second kappa shape index (κ2) is 9.12. The van der Waals surface area contributed by atoms with Crippen molar-refractivity contribution >= 4 is 35.2 Å². The van der Waals surface area contributed by atoms with E-state index >= 15 is 0 Å². The Morgan fingerprint density at radius 2 is 1.90 bits per heavy atom. The first kappa shape index (κ1) is 20.2. The number of amides is 2. The number of ether oxygens (including phenoxy) is 1. The lowest BCUT2D eigenvalue weighted by atomic mass is 10.1. The first-order valence-corrected chi connectivity index (χ1v) is 9.13. The zero-order valence-corrected chi connectivity index (χ0v) is 16.6. The number of carbonyl (C=O) groups excluding carboxylic acids is 2. The zero-order chi connectivity index (χ0) is 20.8. The topological polar surface area (TPSA) is 80.6 Å². The van der Waals surface area contributed by atoms with E-state index in [4.69, 9.17) is 20.8 Å². The molecule has 0 saturated heterocycles. The predicted molar refractivity (Wildman–Crippen MR) is 112 cm³/mol. The quantitative estimate of drug-likeness (QED) is 0.579. The molecule has 29 heavy (non-hydrogen) atoms. The lowest BCUT2D eigenvalue weighted by molar-refractivity contribution is -0.113. The molecule has 2 amide bonds. The van der Waals surface area contributed by atoms with Crippen LogP contribution in [0.5, 0.6) is 5.75 Å². The van der Waals surface area contributed by atoms with Crippen molar-refractivity contribution in [3.8, 4) is 5.75 Å². The molecule has 0 bridgehead atoms. The van der Waals surface area contributed by atoms with Gasteiger partial charge in [0.15, 0.2) is 0 Å². The summed E-state index contributed by atoms with van der Waals surface area (Å²) in [6.07, 6.45) is 2.93. The Labute approximate surface area is 173 Å². The molecule has 0 unspecified atom stereocenters. The molecule has 1 heterocycles. The molecule has 3 rings (SSSR count). The average Bonchev–Trinajstić information content (AvgIpc) is 3.21. The minimum atomic E-state index is -0.524. The number of methoxy groups -OCH3 is 1. The fourth-order valence-corrected chi connectivity index (χ4v) is 2.89. The van der Waals surface area contributed by atoms with Crippen LogP contribution in [0, 0.1) is 6.92 Å². The predicted octanol–water partition coefficient (Wildman–Crippen LogP) is 4.66. The summed E-state index contributed by atoms with van der Waals surface area (Å²) in [6, 6.07) is 15.3. The molecule has 7 heteroatoms. The van der Waals surface area contributed by atoms with E-state index in [0.717, 1.165) is 5.56 Å². The van der Waals surface area contributed by atoms with Gasteiger partial charge in [-0.3, -0.25) is 9.59 Å². The smallest absolute Gasteiger partial charge is 0.272 e. The molecule has 1 aromatic heterocycles. The Morgan fingerprint density at radius 3 is 2.55 bits per heavy atom. The fourth-order valence-electron chi connectivity index (χ4n) is 2.63. The molecular formula is C22H19ClN2O4. The third-order valence-electron chi connectivity index (χ3n) is 4.12. The maximum absolute atomic E-state index is 12.8. The van der Waals surface area contributed by atoms with Crippen LogP contribution >= 0.6 is 11.6 Å². The molecule has 0 radical (unpaired) electrons. The van der Waals surface area contributed by atoms with Crippen LogP contribution in [0.4, 0.5) is 5.69 Å². The van der Waals surface area contributed by atoms with Gasteiger partial charge in [-0.1, -0.05) is 29.8 Å². The van der Waals surface area contributed by atoms with E-state index < -0.39 is 11.8 Å².